The van der Waals surface area contributed by atoms with Crippen LogP contribution in [-0.2, 0) is 11.3 Å². The molecule has 1 saturated heterocycles. The smallest absolute Gasteiger partial charge is 0.410 e. The van der Waals surface area contributed by atoms with Crippen molar-refractivity contribution in [2.24, 2.45) is 0 Å². The zero-order chi connectivity index (χ0) is 20.8. The van der Waals surface area contributed by atoms with Gasteiger partial charge in [0, 0.05) is 18.3 Å². The van der Waals surface area contributed by atoms with E-state index >= 15 is 0 Å². The summed E-state index contributed by atoms with van der Waals surface area (Å²) < 4.78 is 10.9. The van der Waals surface area contributed by atoms with E-state index in [2.05, 4.69) is 10.5 Å². The monoisotopic (exact) mass is 405 g/mol. The van der Waals surface area contributed by atoms with E-state index in [-0.39, 0.29) is 24.2 Å². The van der Waals surface area contributed by atoms with Gasteiger partial charge in [0.25, 0.3) is 5.91 Å². The van der Waals surface area contributed by atoms with Crippen molar-refractivity contribution in [2.45, 2.75) is 31.9 Å². The van der Waals surface area contributed by atoms with E-state index in [1.165, 1.54) is 0 Å². The van der Waals surface area contributed by atoms with E-state index < -0.39 is 6.09 Å². The van der Waals surface area contributed by atoms with Crippen molar-refractivity contribution in [2.75, 3.05) is 11.9 Å². The summed E-state index contributed by atoms with van der Waals surface area (Å²) in [5.41, 5.74) is 1.78. The van der Waals surface area contributed by atoms with E-state index in [1.54, 1.807) is 23.1 Å². The number of hydrogen-bond acceptors (Lipinski definition) is 5. The second-order valence-electron chi connectivity index (χ2n) is 7.18. The molecule has 1 N–H and O–H groups in total. The first-order valence-electron chi connectivity index (χ1n) is 10.0. The van der Waals surface area contributed by atoms with E-state index in [9.17, 15) is 9.59 Å². The Bertz CT molecular complexity index is 988. The standard InChI is InChI=1S/C23H23N3O4/c27-22(24-18-11-5-2-6-12-18)19-15-21(30-25-19)20-13-7-8-14-26(20)23(28)29-16-17-9-3-1-4-10-17/h1-6,9-12,15,20H,7-8,13-14,16H2,(H,24,27). The van der Waals surface area contributed by atoms with E-state index in [1.807, 2.05) is 48.5 Å². The largest absolute Gasteiger partial charge is 0.445 e. The Morgan fingerprint density at radius 1 is 1.07 bits per heavy atom. The molecule has 4 rings (SSSR count). The maximum Gasteiger partial charge on any atom is 0.410 e. The van der Waals surface area contributed by atoms with Crippen molar-refractivity contribution in [1.29, 1.82) is 0 Å². The minimum atomic E-state index is -0.393. The number of ether oxygens (including phenoxy) is 1. The molecule has 30 heavy (non-hydrogen) atoms. The minimum Gasteiger partial charge on any atom is -0.445 e. The normalized spacial score (nSPS) is 16.1. The molecule has 0 radical (unpaired) electrons. The Labute approximate surface area is 174 Å². The lowest BCUT2D eigenvalue weighted by Gasteiger charge is -2.33. The number of amides is 2. The van der Waals surface area contributed by atoms with Crippen LogP contribution in [-0.4, -0.2) is 28.6 Å². The molecule has 0 aliphatic carbocycles. The molecule has 2 amide bonds. The van der Waals surface area contributed by atoms with Crippen molar-refractivity contribution in [3.8, 4) is 0 Å². The lowest BCUT2D eigenvalue weighted by atomic mass is 10.0. The minimum absolute atomic E-state index is 0.178. The van der Waals surface area contributed by atoms with Crippen LogP contribution in [0.1, 0.15) is 47.1 Å². The fourth-order valence-corrected chi connectivity index (χ4v) is 3.52. The highest BCUT2D eigenvalue weighted by Gasteiger charge is 2.32. The second kappa shape index (κ2) is 9.26. The highest BCUT2D eigenvalue weighted by atomic mass is 16.6. The van der Waals surface area contributed by atoms with Gasteiger partial charge < -0.3 is 14.6 Å². The highest BCUT2D eigenvalue weighted by molar-refractivity contribution is 6.02. The Hall–Kier alpha value is -3.61. The summed E-state index contributed by atoms with van der Waals surface area (Å²) in [4.78, 5) is 26.8. The van der Waals surface area contributed by atoms with Crippen LogP contribution in [0.5, 0.6) is 0 Å². The average molecular weight is 405 g/mol. The lowest BCUT2D eigenvalue weighted by molar-refractivity contribution is 0.0606. The molecule has 1 aliphatic rings. The molecule has 1 aromatic heterocycles. The number of benzene rings is 2. The molecule has 3 aromatic rings. The van der Waals surface area contributed by atoms with Crippen LogP contribution in [0.2, 0.25) is 0 Å². The fraction of sp³-hybridized carbons (Fsp3) is 0.261. The average Bonchev–Trinajstić information content (AvgIpc) is 3.29. The third-order valence-electron chi connectivity index (χ3n) is 5.06. The number of para-hydroxylation sites is 1. The number of aromatic nitrogens is 1. The first-order chi connectivity index (χ1) is 14.7. The van der Waals surface area contributed by atoms with Crippen LogP contribution in [0.25, 0.3) is 0 Å². The third kappa shape index (κ3) is 4.68. The molecule has 1 atom stereocenters. The number of nitrogens with one attached hydrogen (secondary N) is 1. The number of nitrogens with zero attached hydrogens (tertiary/aromatic N) is 2. The first kappa shape index (κ1) is 19.7. The molecule has 7 heteroatoms. The molecule has 1 fully saturated rings. The number of hydrogen-bond donors (Lipinski definition) is 1. The van der Waals surface area contributed by atoms with Gasteiger partial charge >= 0.3 is 6.09 Å². The van der Waals surface area contributed by atoms with E-state index in [0.717, 1.165) is 24.8 Å². The summed E-state index contributed by atoms with van der Waals surface area (Å²) in [5, 5.41) is 6.69. The molecule has 0 spiro atoms. The molecule has 0 saturated carbocycles. The quantitative estimate of drug-likeness (QED) is 0.660. The number of carbonyl (C=O) groups is 2. The van der Waals surface area contributed by atoms with E-state index in [0.29, 0.717) is 18.0 Å². The highest BCUT2D eigenvalue weighted by Crippen LogP contribution is 2.32. The number of rotatable bonds is 5. The third-order valence-corrected chi connectivity index (χ3v) is 5.06. The van der Waals surface area contributed by atoms with Crippen molar-refractivity contribution in [1.82, 2.24) is 10.1 Å². The molecule has 2 aromatic carbocycles. The number of anilines is 1. The number of likely N-dealkylation sites (tertiary alicyclic amines) is 1. The van der Waals surface area contributed by atoms with Gasteiger partial charge in [-0.05, 0) is 37.0 Å². The van der Waals surface area contributed by atoms with Crippen LogP contribution in [0, 0.1) is 0 Å². The van der Waals surface area contributed by atoms with Crippen LogP contribution in [0.4, 0.5) is 10.5 Å². The van der Waals surface area contributed by atoms with Crippen molar-refractivity contribution in [3.63, 3.8) is 0 Å². The summed E-state index contributed by atoms with van der Waals surface area (Å²) in [6.45, 7) is 0.786. The number of piperidine rings is 1. The number of carbonyl (C=O) groups excluding carboxylic acids is 2. The molecule has 1 unspecified atom stereocenters. The maximum atomic E-state index is 12.7. The lowest BCUT2D eigenvalue weighted by Crippen LogP contribution is -2.38. The van der Waals surface area contributed by atoms with Crippen LogP contribution in [0.15, 0.2) is 71.3 Å². The molecular weight excluding hydrogens is 382 g/mol. The zero-order valence-electron chi connectivity index (χ0n) is 16.5. The Morgan fingerprint density at radius 3 is 2.57 bits per heavy atom. The molecular formula is C23H23N3O4. The summed E-state index contributed by atoms with van der Waals surface area (Å²) >= 11 is 0. The summed E-state index contributed by atoms with van der Waals surface area (Å²) in [5.74, 6) is 0.134. The maximum absolute atomic E-state index is 12.7. The summed E-state index contributed by atoms with van der Waals surface area (Å²) in [6.07, 6.45) is 2.19. The molecule has 7 nitrogen and oxygen atoms in total. The van der Waals surface area contributed by atoms with Gasteiger partial charge in [0.05, 0.1) is 6.04 Å². The van der Waals surface area contributed by atoms with Gasteiger partial charge in [0.15, 0.2) is 11.5 Å². The molecule has 0 bridgehead atoms. The van der Waals surface area contributed by atoms with Gasteiger partial charge in [0.2, 0.25) is 0 Å². The van der Waals surface area contributed by atoms with Gasteiger partial charge in [-0.15, -0.1) is 0 Å². The predicted octanol–water partition coefficient (Wildman–Crippen LogP) is 4.79. The van der Waals surface area contributed by atoms with Crippen molar-refractivity contribution < 1.29 is 18.8 Å². The Balaban J connectivity index is 1.42. The van der Waals surface area contributed by atoms with Gasteiger partial charge in [0.1, 0.15) is 6.61 Å². The van der Waals surface area contributed by atoms with Crippen molar-refractivity contribution in [3.05, 3.63) is 83.7 Å². The molecule has 154 valence electrons. The SMILES string of the molecule is O=C(Nc1ccccc1)c1cc(C2CCCCN2C(=O)OCc2ccccc2)on1. The van der Waals surface area contributed by atoms with Gasteiger partial charge in [-0.25, -0.2) is 4.79 Å². The first-order valence-corrected chi connectivity index (χ1v) is 10.0. The summed E-state index contributed by atoms with van der Waals surface area (Å²) in [6, 6.07) is 20.0. The van der Waals surface area contributed by atoms with Crippen LogP contribution >= 0.6 is 0 Å². The van der Waals surface area contributed by atoms with Crippen LogP contribution < -0.4 is 5.32 Å². The Morgan fingerprint density at radius 2 is 1.80 bits per heavy atom. The van der Waals surface area contributed by atoms with Gasteiger partial charge in [-0.1, -0.05) is 53.7 Å². The molecule has 2 heterocycles. The predicted molar refractivity (Wildman–Crippen MR) is 111 cm³/mol. The van der Waals surface area contributed by atoms with E-state index in [4.69, 9.17) is 9.26 Å². The Kier molecular flexibility index (Phi) is 6.08. The van der Waals surface area contributed by atoms with Crippen LogP contribution in [0.3, 0.4) is 0 Å². The fourth-order valence-electron chi connectivity index (χ4n) is 3.52. The molecule has 1 aliphatic heterocycles. The topological polar surface area (TPSA) is 84.7 Å². The van der Waals surface area contributed by atoms with Gasteiger partial charge in [-0.2, -0.15) is 0 Å². The van der Waals surface area contributed by atoms with Crippen molar-refractivity contribution >= 4 is 17.7 Å². The summed E-state index contributed by atoms with van der Waals surface area (Å²) in [7, 11) is 0. The second-order valence-corrected chi connectivity index (χ2v) is 7.18. The zero-order valence-corrected chi connectivity index (χ0v) is 16.5. The van der Waals surface area contributed by atoms with Gasteiger partial charge in [-0.3, -0.25) is 9.69 Å².